The number of hydrogen-bond acceptors (Lipinski definition) is 4. The fraction of sp³-hybridized carbons (Fsp3) is 0.0714. The molecule has 0 heterocycles. The lowest BCUT2D eigenvalue weighted by atomic mass is 10.1. The maximum Gasteiger partial charge on any atom is 0.255 e. The minimum Gasteiger partial charge on any atom is -0.505 e. The van der Waals surface area contributed by atoms with E-state index in [9.17, 15) is 19.4 Å². The normalized spacial score (nSPS) is 10.2. The van der Waals surface area contributed by atoms with Gasteiger partial charge in [0.05, 0.1) is 12.1 Å². The number of carbonyl (C=O) groups excluding carboxylic acids is 1. The first kappa shape index (κ1) is 14.9. The molecule has 0 bridgehead atoms. The number of amides is 1. The van der Waals surface area contributed by atoms with E-state index < -0.39 is 17.5 Å². The lowest BCUT2D eigenvalue weighted by Gasteiger charge is -2.10. The molecule has 0 aromatic heterocycles. The van der Waals surface area contributed by atoms with Crippen molar-refractivity contribution in [2.24, 2.45) is 0 Å². The number of benzene rings is 2. The number of nitrogens with one attached hydrogen (secondary N) is 1. The lowest BCUT2D eigenvalue weighted by Crippen LogP contribution is -2.12. The Morgan fingerprint density at radius 1 is 1.29 bits per heavy atom. The Hall–Kier alpha value is -2.47. The van der Waals surface area contributed by atoms with Crippen LogP contribution in [0.2, 0.25) is 5.02 Å². The van der Waals surface area contributed by atoms with Crippen LogP contribution in [0.3, 0.4) is 0 Å². The molecule has 1 amide bonds. The standard InChI is InChI=1S/C14H11ClFNO4/c1-21-12-5-7(4-9(15)13(12)19)14(20)17-8-2-3-10(16)11(18)6-8/h2-6,18-19H,1H3,(H,17,20). The number of ether oxygens (including phenoxy) is 1. The van der Waals surface area contributed by atoms with Crippen LogP contribution < -0.4 is 10.1 Å². The second-order valence-electron chi connectivity index (χ2n) is 4.13. The van der Waals surface area contributed by atoms with Gasteiger partial charge in [-0.15, -0.1) is 0 Å². The Kier molecular flexibility index (Phi) is 4.18. The molecule has 0 radical (unpaired) electrons. The van der Waals surface area contributed by atoms with Crippen LogP contribution in [0, 0.1) is 5.82 Å². The van der Waals surface area contributed by atoms with Crippen LogP contribution in [-0.2, 0) is 0 Å². The molecule has 2 aromatic carbocycles. The average molecular weight is 312 g/mol. The van der Waals surface area contributed by atoms with Gasteiger partial charge in [0, 0.05) is 17.3 Å². The average Bonchev–Trinajstić information content (AvgIpc) is 2.45. The van der Waals surface area contributed by atoms with Crippen molar-refractivity contribution >= 4 is 23.2 Å². The van der Waals surface area contributed by atoms with Gasteiger partial charge in [0.25, 0.3) is 5.91 Å². The zero-order chi connectivity index (χ0) is 15.6. The fourth-order valence-electron chi connectivity index (χ4n) is 1.65. The molecule has 110 valence electrons. The molecule has 0 saturated carbocycles. The summed E-state index contributed by atoms with van der Waals surface area (Å²) in [6.07, 6.45) is 0. The van der Waals surface area contributed by atoms with E-state index in [0.717, 1.165) is 12.1 Å². The molecule has 0 spiro atoms. The van der Waals surface area contributed by atoms with Gasteiger partial charge in [0.2, 0.25) is 0 Å². The molecule has 7 heteroatoms. The Balaban J connectivity index is 2.28. The van der Waals surface area contributed by atoms with Gasteiger partial charge in [-0.2, -0.15) is 0 Å². The summed E-state index contributed by atoms with van der Waals surface area (Å²) in [6, 6.07) is 5.96. The van der Waals surface area contributed by atoms with Crippen molar-refractivity contribution in [2.75, 3.05) is 12.4 Å². The van der Waals surface area contributed by atoms with Gasteiger partial charge in [-0.3, -0.25) is 4.79 Å². The summed E-state index contributed by atoms with van der Waals surface area (Å²) in [7, 11) is 1.32. The van der Waals surface area contributed by atoms with Gasteiger partial charge in [-0.05, 0) is 24.3 Å². The number of phenols is 2. The Morgan fingerprint density at radius 3 is 2.62 bits per heavy atom. The predicted molar refractivity (Wildman–Crippen MR) is 75.7 cm³/mol. The van der Waals surface area contributed by atoms with Gasteiger partial charge < -0.3 is 20.3 Å². The minimum atomic E-state index is -0.789. The number of methoxy groups -OCH3 is 1. The van der Waals surface area contributed by atoms with Gasteiger partial charge >= 0.3 is 0 Å². The van der Waals surface area contributed by atoms with E-state index in [-0.39, 0.29) is 27.8 Å². The van der Waals surface area contributed by atoms with Crippen LogP contribution in [0.25, 0.3) is 0 Å². The zero-order valence-electron chi connectivity index (χ0n) is 10.9. The summed E-state index contributed by atoms with van der Waals surface area (Å²) in [4.78, 5) is 12.1. The molecule has 0 aliphatic rings. The second-order valence-corrected chi connectivity index (χ2v) is 4.54. The third kappa shape index (κ3) is 3.17. The molecule has 0 fully saturated rings. The lowest BCUT2D eigenvalue weighted by molar-refractivity contribution is 0.102. The maximum absolute atomic E-state index is 12.9. The van der Waals surface area contributed by atoms with Gasteiger partial charge in [0.15, 0.2) is 23.1 Å². The maximum atomic E-state index is 12.9. The van der Waals surface area contributed by atoms with E-state index in [1.54, 1.807) is 0 Å². The van der Waals surface area contributed by atoms with Crippen LogP contribution in [-0.4, -0.2) is 23.2 Å². The summed E-state index contributed by atoms with van der Waals surface area (Å²) in [5, 5.41) is 21.3. The number of rotatable bonds is 3. The van der Waals surface area contributed by atoms with Crippen molar-refractivity contribution in [1.82, 2.24) is 0 Å². The first-order valence-corrected chi connectivity index (χ1v) is 6.16. The van der Waals surface area contributed by atoms with Gasteiger partial charge in [-0.1, -0.05) is 11.6 Å². The van der Waals surface area contributed by atoms with Crippen molar-refractivity contribution in [3.63, 3.8) is 0 Å². The topological polar surface area (TPSA) is 78.8 Å². The Bertz CT molecular complexity index is 706. The van der Waals surface area contributed by atoms with Gasteiger partial charge in [0.1, 0.15) is 0 Å². The second kappa shape index (κ2) is 5.88. The van der Waals surface area contributed by atoms with Crippen molar-refractivity contribution in [2.45, 2.75) is 0 Å². The molecule has 0 unspecified atom stereocenters. The molecule has 0 aliphatic carbocycles. The van der Waals surface area contributed by atoms with E-state index in [4.69, 9.17) is 16.3 Å². The van der Waals surface area contributed by atoms with Crippen molar-refractivity contribution in [3.8, 4) is 17.2 Å². The zero-order valence-corrected chi connectivity index (χ0v) is 11.6. The summed E-state index contributed by atoms with van der Waals surface area (Å²) < 4.78 is 17.8. The highest BCUT2D eigenvalue weighted by Crippen LogP contribution is 2.35. The third-order valence-corrected chi connectivity index (χ3v) is 3.00. The summed E-state index contributed by atoms with van der Waals surface area (Å²) in [6.45, 7) is 0. The molecule has 0 atom stereocenters. The van der Waals surface area contributed by atoms with Crippen molar-refractivity contribution in [3.05, 3.63) is 46.7 Å². The Morgan fingerprint density at radius 2 is 2.00 bits per heavy atom. The van der Waals surface area contributed by atoms with Crippen LogP contribution >= 0.6 is 11.6 Å². The molecule has 0 aliphatic heterocycles. The fourth-order valence-corrected chi connectivity index (χ4v) is 1.86. The van der Waals surface area contributed by atoms with Crippen LogP contribution in [0.15, 0.2) is 30.3 Å². The molecule has 0 saturated heterocycles. The smallest absolute Gasteiger partial charge is 0.255 e. The first-order valence-electron chi connectivity index (χ1n) is 5.78. The summed E-state index contributed by atoms with van der Waals surface area (Å²) in [5.41, 5.74) is 0.348. The highest BCUT2D eigenvalue weighted by Gasteiger charge is 2.14. The molecular formula is C14H11ClFNO4. The SMILES string of the molecule is COc1cc(C(=O)Nc2ccc(F)c(O)c2)cc(Cl)c1O. The number of aromatic hydroxyl groups is 2. The largest absolute Gasteiger partial charge is 0.505 e. The van der Waals surface area contributed by atoms with Crippen molar-refractivity contribution in [1.29, 1.82) is 0 Å². The molecule has 2 aromatic rings. The van der Waals surface area contributed by atoms with Gasteiger partial charge in [-0.25, -0.2) is 4.39 Å². The third-order valence-electron chi connectivity index (χ3n) is 2.71. The van der Waals surface area contributed by atoms with E-state index >= 15 is 0 Å². The van der Waals surface area contributed by atoms with Crippen LogP contribution in [0.4, 0.5) is 10.1 Å². The molecule has 3 N–H and O–H groups in total. The van der Waals surface area contributed by atoms with E-state index in [0.29, 0.717) is 0 Å². The number of carbonyl (C=O) groups is 1. The number of hydrogen-bond donors (Lipinski definition) is 3. The van der Waals surface area contributed by atoms with Crippen LogP contribution in [0.1, 0.15) is 10.4 Å². The first-order chi connectivity index (χ1) is 9.92. The number of phenolic OH excluding ortho intramolecular Hbond substituents is 2. The molecular weight excluding hydrogens is 301 g/mol. The van der Waals surface area contributed by atoms with E-state index in [1.807, 2.05) is 0 Å². The van der Waals surface area contributed by atoms with E-state index in [1.165, 1.54) is 25.3 Å². The number of halogens is 2. The van der Waals surface area contributed by atoms with E-state index in [2.05, 4.69) is 5.32 Å². The molecule has 2 rings (SSSR count). The Labute approximate surface area is 124 Å². The molecule has 21 heavy (non-hydrogen) atoms. The predicted octanol–water partition coefficient (Wildman–Crippen LogP) is 3.15. The summed E-state index contributed by atoms with van der Waals surface area (Å²) in [5.74, 6) is -2.14. The van der Waals surface area contributed by atoms with Crippen molar-refractivity contribution < 1.29 is 24.1 Å². The minimum absolute atomic E-state index is 0.0403. The quantitative estimate of drug-likeness (QED) is 0.813. The van der Waals surface area contributed by atoms with Crippen LogP contribution in [0.5, 0.6) is 17.2 Å². The highest BCUT2D eigenvalue weighted by atomic mass is 35.5. The number of anilines is 1. The highest BCUT2D eigenvalue weighted by molar-refractivity contribution is 6.32. The monoisotopic (exact) mass is 311 g/mol. The summed E-state index contributed by atoms with van der Waals surface area (Å²) >= 11 is 5.79. The molecule has 5 nitrogen and oxygen atoms in total.